The van der Waals surface area contributed by atoms with Gasteiger partial charge in [0.2, 0.25) is 0 Å². The van der Waals surface area contributed by atoms with E-state index in [4.69, 9.17) is 0 Å². The van der Waals surface area contributed by atoms with Crippen molar-refractivity contribution in [1.29, 1.82) is 0 Å². The summed E-state index contributed by atoms with van der Waals surface area (Å²) in [5.41, 5.74) is 2.80. The first-order valence-corrected chi connectivity index (χ1v) is 7.44. The van der Waals surface area contributed by atoms with Crippen LogP contribution in [0.15, 0.2) is 54.6 Å². The summed E-state index contributed by atoms with van der Waals surface area (Å²) >= 11 is 4.30. The van der Waals surface area contributed by atoms with Gasteiger partial charge in [0.25, 0.3) is 0 Å². The van der Waals surface area contributed by atoms with Crippen LogP contribution in [0, 0.1) is 3.57 Å². The number of halogens is 1. The van der Waals surface area contributed by atoms with E-state index in [9.17, 15) is 0 Å². The van der Waals surface area contributed by atoms with E-state index in [0.717, 1.165) is 11.5 Å². The van der Waals surface area contributed by atoms with Crippen LogP contribution in [0.1, 0.15) is 11.1 Å². The minimum Gasteiger partial charge on any atom is -0.152 e. The lowest BCUT2D eigenvalue weighted by molar-refractivity contribution is 1.36. The third-order valence-electron chi connectivity index (χ3n) is 2.29. The molecule has 0 saturated heterocycles. The highest BCUT2D eigenvalue weighted by atomic mass is 127. The second-order valence-electron chi connectivity index (χ2n) is 3.60. The van der Waals surface area contributed by atoms with Crippen molar-refractivity contribution in [2.75, 3.05) is 0 Å². The summed E-state index contributed by atoms with van der Waals surface area (Å²) in [6.45, 7) is 0. The summed E-state index contributed by atoms with van der Waals surface area (Å²) in [6, 6.07) is 19.4. The quantitative estimate of drug-likeness (QED) is 0.726. The molecule has 0 radical (unpaired) electrons. The van der Waals surface area contributed by atoms with Gasteiger partial charge in [0.1, 0.15) is 0 Å². The number of hydrogen-bond acceptors (Lipinski definition) is 1. The largest absolute Gasteiger partial charge is 0.152 e. The van der Waals surface area contributed by atoms with Crippen molar-refractivity contribution in [2.24, 2.45) is 0 Å². The highest BCUT2D eigenvalue weighted by molar-refractivity contribution is 14.1. The van der Waals surface area contributed by atoms with E-state index >= 15 is 0 Å². The van der Waals surface area contributed by atoms with E-state index < -0.39 is 0 Å². The van der Waals surface area contributed by atoms with E-state index in [1.807, 2.05) is 11.8 Å². The monoisotopic (exact) mass is 340 g/mol. The number of hydrogen-bond donors (Lipinski definition) is 0. The van der Waals surface area contributed by atoms with Crippen molar-refractivity contribution >= 4 is 34.4 Å². The maximum atomic E-state index is 2.34. The van der Waals surface area contributed by atoms with Gasteiger partial charge in [0.15, 0.2) is 0 Å². The van der Waals surface area contributed by atoms with E-state index in [1.54, 1.807) is 0 Å². The van der Waals surface area contributed by atoms with Gasteiger partial charge in [-0.1, -0.05) is 42.5 Å². The van der Waals surface area contributed by atoms with Gasteiger partial charge in [-0.15, -0.1) is 0 Å². The predicted molar refractivity (Wildman–Crippen MR) is 80.6 cm³/mol. The molecule has 0 aliphatic carbocycles. The Morgan fingerprint density at radius 1 is 0.750 bits per heavy atom. The standard InChI is InChI=1S/C14H13IS/c15-14-8-6-13(7-9-14)11-16-10-12-4-2-1-3-5-12/h1-9H,10-11H2. The van der Waals surface area contributed by atoms with Crippen LogP contribution in [0.25, 0.3) is 0 Å². The smallest absolute Gasteiger partial charge is 0.0187 e. The first-order valence-electron chi connectivity index (χ1n) is 5.21. The van der Waals surface area contributed by atoms with Crippen molar-refractivity contribution in [3.8, 4) is 0 Å². The molecule has 0 amide bonds. The fourth-order valence-corrected chi connectivity index (χ4v) is 2.76. The SMILES string of the molecule is Ic1ccc(CSCc2ccccc2)cc1. The molecule has 2 rings (SSSR count). The van der Waals surface area contributed by atoms with Crippen LogP contribution in [-0.4, -0.2) is 0 Å². The minimum atomic E-state index is 1.09. The van der Waals surface area contributed by atoms with Crippen molar-refractivity contribution in [1.82, 2.24) is 0 Å². The lowest BCUT2D eigenvalue weighted by Gasteiger charge is -2.02. The molecule has 0 nitrogen and oxygen atoms in total. The molecular formula is C14H13IS. The van der Waals surface area contributed by atoms with Crippen LogP contribution in [0.4, 0.5) is 0 Å². The summed E-state index contributed by atoms with van der Waals surface area (Å²) in [6.07, 6.45) is 0. The summed E-state index contributed by atoms with van der Waals surface area (Å²) < 4.78 is 1.30. The second-order valence-corrected chi connectivity index (χ2v) is 5.84. The average Bonchev–Trinajstić information content (AvgIpc) is 2.33. The van der Waals surface area contributed by atoms with Crippen LogP contribution < -0.4 is 0 Å². The summed E-state index contributed by atoms with van der Waals surface area (Å²) in [4.78, 5) is 0. The first kappa shape index (κ1) is 12.0. The molecule has 0 bridgehead atoms. The van der Waals surface area contributed by atoms with Crippen LogP contribution in [0.5, 0.6) is 0 Å². The molecular weight excluding hydrogens is 327 g/mol. The molecule has 0 aliphatic heterocycles. The lowest BCUT2D eigenvalue weighted by Crippen LogP contribution is -1.83. The molecule has 16 heavy (non-hydrogen) atoms. The van der Waals surface area contributed by atoms with Crippen molar-refractivity contribution in [2.45, 2.75) is 11.5 Å². The maximum absolute atomic E-state index is 2.34. The fourth-order valence-electron chi connectivity index (χ4n) is 1.44. The van der Waals surface area contributed by atoms with Crippen LogP contribution >= 0.6 is 34.4 Å². The van der Waals surface area contributed by atoms with Gasteiger partial charge in [-0.05, 0) is 45.9 Å². The normalized spacial score (nSPS) is 10.3. The topological polar surface area (TPSA) is 0 Å². The van der Waals surface area contributed by atoms with Crippen LogP contribution in [0.3, 0.4) is 0 Å². The van der Waals surface area contributed by atoms with E-state index in [1.165, 1.54) is 14.7 Å². The zero-order valence-electron chi connectivity index (χ0n) is 8.90. The zero-order chi connectivity index (χ0) is 11.2. The van der Waals surface area contributed by atoms with Crippen molar-refractivity contribution in [3.05, 3.63) is 69.3 Å². The molecule has 0 aliphatic rings. The lowest BCUT2D eigenvalue weighted by atomic mass is 10.2. The molecule has 0 atom stereocenters. The molecule has 0 N–H and O–H groups in total. The molecule has 0 spiro atoms. The Labute approximate surface area is 115 Å². The van der Waals surface area contributed by atoms with Gasteiger partial charge < -0.3 is 0 Å². The van der Waals surface area contributed by atoms with E-state index in [0.29, 0.717) is 0 Å². The van der Waals surface area contributed by atoms with Gasteiger partial charge in [0, 0.05) is 15.1 Å². The summed E-state index contributed by atoms with van der Waals surface area (Å²) in [7, 11) is 0. The summed E-state index contributed by atoms with van der Waals surface area (Å²) in [5, 5.41) is 0. The van der Waals surface area contributed by atoms with E-state index in [2.05, 4.69) is 77.2 Å². The molecule has 0 saturated carbocycles. The first-order chi connectivity index (χ1) is 7.84. The molecule has 0 aromatic heterocycles. The Kier molecular flexibility index (Phi) is 4.72. The van der Waals surface area contributed by atoms with E-state index in [-0.39, 0.29) is 0 Å². The number of benzene rings is 2. The highest BCUT2D eigenvalue weighted by Gasteiger charge is 1.95. The van der Waals surface area contributed by atoms with Crippen LogP contribution in [-0.2, 0) is 11.5 Å². The predicted octanol–water partition coefficient (Wildman–Crippen LogP) is 4.72. The Balaban J connectivity index is 1.82. The highest BCUT2D eigenvalue weighted by Crippen LogP contribution is 2.18. The van der Waals surface area contributed by atoms with Crippen molar-refractivity contribution < 1.29 is 0 Å². The van der Waals surface area contributed by atoms with Gasteiger partial charge in [0.05, 0.1) is 0 Å². The van der Waals surface area contributed by atoms with Crippen molar-refractivity contribution in [3.63, 3.8) is 0 Å². The molecule has 2 heteroatoms. The molecule has 0 unspecified atom stereocenters. The minimum absolute atomic E-state index is 1.09. The Morgan fingerprint density at radius 3 is 1.94 bits per heavy atom. The second kappa shape index (κ2) is 6.30. The molecule has 0 fully saturated rings. The Morgan fingerprint density at radius 2 is 1.31 bits per heavy atom. The Bertz CT molecular complexity index is 422. The number of thioether (sulfide) groups is 1. The third-order valence-corrected chi connectivity index (χ3v) is 4.09. The molecule has 0 heterocycles. The summed E-state index contributed by atoms with van der Waals surface area (Å²) in [5.74, 6) is 2.18. The average molecular weight is 340 g/mol. The zero-order valence-corrected chi connectivity index (χ0v) is 11.9. The fraction of sp³-hybridized carbons (Fsp3) is 0.143. The molecule has 2 aromatic carbocycles. The Hall–Kier alpha value is -0.480. The number of rotatable bonds is 4. The van der Waals surface area contributed by atoms with Gasteiger partial charge in [-0.3, -0.25) is 0 Å². The van der Waals surface area contributed by atoms with Gasteiger partial charge >= 0.3 is 0 Å². The third kappa shape index (κ3) is 3.83. The maximum Gasteiger partial charge on any atom is 0.0187 e. The molecule has 2 aromatic rings. The van der Waals surface area contributed by atoms with Crippen LogP contribution in [0.2, 0.25) is 0 Å². The van der Waals surface area contributed by atoms with Gasteiger partial charge in [-0.2, -0.15) is 11.8 Å². The molecule has 82 valence electrons. The van der Waals surface area contributed by atoms with Gasteiger partial charge in [-0.25, -0.2) is 0 Å².